The number of anilines is 1. The first-order valence-corrected chi connectivity index (χ1v) is 9.14. The van der Waals surface area contributed by atoms with Crippen molar-refractivity contribution in [3.63, 3.8) is 0 Å². The Morgan fingerprint density at radius 1 is 1.12 bits per heavy atom. The number of hydrogen-bond acceptors (Lipinski definition) is 4. The highest BCUT2D eigenvalue weighted by atomic mass is 16.5. The molecule has 1 N–H and O–H groups in total. The third kappa shape index (κ3) is 4.73. The van der Waals surface area contributed by atoms with Gasteiger partial charge in [0, 0.05) is 24.3 Å². The van der Waals surface area contributed by atoms with Gasteiger partial charge >= 0.3 is 0 Å². The molecule has 0 saturated carbocycles. The molecule has 1 heterocycles. The monoisotopic (exact) mass is 351 g/mol. The summed E-state index contributed by atoms with van der Waals surface area (Å²) in [5.41, 5.74) is 2.74. The summed E-state index contributed by atoms with van der Waals surface area (Å²) in [6.45, 7) is 4.30. The number of rotatable bonds is 6. The van der Waals surface area contributed by atoms with Crippen LogP contribution in [0.5, 0.6) is 5.75 Å². The van der Waals surface area contributed by atoms with E-state index in [0.29, 0.717) is 12.2 Å². The van der Waals surface area contributed by atoms with E-state index in [0.717, 1.165) is 42.9 Å². The molecule has 136 valence electrons. The number of allylic oxidation sites excluding steroid dienone is 1. The molecule has 3 rings (SSSR count). The smallest absolute Gasteiger partial charge is 0.185 e. The molecular weight excluding hydrogens is 326 g/mol. The molecule has 0 amide bonds. The maximum atomic E-state index is 12.4. The molecule has 0 atom stereocenters. The molecule has 2 aromatic carbocycles. The molecule has 0 spiro atoms. The van der Waals surface area contributed by atoms with Crippen molar-refractivity contribution >= 4 is 17.5 Å². The van der Waals surface area contributed by atoms with Crippen LogP contribution in [0.15, 0.2) is 54.6 Å². The summed E-state index contributed by atoms with van der Waals surface area (Å²) in [6, 6.07) is 15.4. The van der Waals surface area contributed by atoms with E-state index >= 15 is 0 Å². The molecule has 4 nitrogen and oxygen atoms in total. The Labute approximate surface area is 154 Å². The summed E-state index contributed by atoms with van der Waals surface area (Å²) in [7, 11) is 0. The van der Waals surface area contributed by atoms with Gasteiger partial charge in [-0.3, -0.25) is 4.79 Å². The predicted molar refractivity (Wildman–Crippen MR) is 105 cm³/mol. The van der Waals surface area contributed by atoms with Crippen LogP contribution in [0.2, 0.25) is 0 Å². The molecule has 0 unspecified atom stereocenters. The highest BCUT2D eigenvalue weighted by molar-refractivity contribution is 6.07. The number of benzene rings is 2. The van der Waals surface area contributed by atoms with Gasteiger partial charge in [-0.25, -0.2) is 0 Å². The van der Waals surface area contributed by atoms with Crippen LogP contribution in [0.4, 0.5) is 5.69 Å². The summed E-state index contributed by atoms with van der Waals surface area (Å²) in [4.78, 5) is 14.6. The summed E-state index contributed by atoms with van der Waals surface area (Å²) in [5.74, 6) is 0.816. The summed E-state index contributed by atoms with van der Waals surface area (Å²) in [5, 5.41) is 9.60. The van der Waals surface area contributed by atoms with E-state index in [1.165, 1.54) is 0 Å². The lowest BCUT2D eigenvalue weighted by atomic mass is 10.1. The number of nitrogens with zero attached hydrogens (tertiary/aromatic N) is 1. The Hall–Kier alpha value is -2.59. The van der Waals surface area contributed by atoms with Crippen molar-refractivity contribution in [1.82, 2.24) is 0 Å². The molecule has 4 heteroatoms. The molecule has 1 saturated heterocycles. The van der Waals surface area contributed by atoms with Crippen LogP contribution in [0.3, 0.4) is 0 Å². The third-order valence-corrected chi connectivity index (χ3v) is 4.60. The number of piperidine rings is 1. The third-order valence-electron chi connectivity index (χ3n) is 4.60. The molecule has 1 aliphatic heterocycles. The maximum Gasteiger partial charge on any atom is 0.185 e. The average molecular weight is 351 g/mol. The highest BCUT2D eigenvalue weighted by Gasteiger charge is 2.17. The fourth-order valence-electron chi connectivity index (χ4n) is 3.07. The Balaban J connectivity index is 1.60. The van der Waals surface area contributed by atoms with Crippen LogP contribution in [0.1, 0.15) is 35.7 Å². The molecule has 1 fully saturated rings. The van der Waals surface area contributed by atoms with Crippen LogP contribution in [0, 0.1) is 0 Å². The molecular formula is C22H25NO3. The van der Waals surface area contributed by atoms with Crippen molar-refractivity contribution < 1.29 is 14.6 Å². The number of ketones is 1. The Bertz CT molecular complexity index is 742. The van der Waals surface area contributed by atoms with Gasteiger partial charge < -0.3 is 14.7 Å². The number of carbonyl (C=O) groups is 1. The molecule has 0 aromatic heterocycles. The van der Waals surface area contributed by atoms with E-state index in [1.807, 2.05) is 61.5 Å². The first-order chi connectivity index (χ1) is 12.7. The second kappa shape index (κ2) is 8.68. The van der Waals surface area contributed by atoms with E-state index in [1.54, 1.807) is 6.08 Å². The standard InChI is InChI=1S/C22H25NO3/c1-2-26-21-10-3-17(4-11-21)5-12-22(25)18-6-8-19(9-7-18)23-15-13-20(24)14-16-23/h3-12,20,24H,2,13-16H2,1H3/b12-5+. The highest BCUT2D eigenvalue weighted by Crippen LogP contribution is 2.21. The number of aliphatic hydroxyl groups is 1. The van der Waals surface area contributed by atoms with Gasteiger partial charge in [0.2, 0.25) is 0 Å². The first kappa shape index (κ1) is 18.2. The van der Waals surface area contributed by atoms with Gasteiger partial charge in [0.15, 0.2) is 5.78 Å². The van der Waals surface area contributed by atoms with Gasteiger partial charge in [-0.2, -0.15) is 0 Å². The van der Waals surface area contributed by atoms with Gasteiger partial charge in [0.25, 0.3) is 0 Å². The van der Waals surface area contributed by atoms with Gasteiger partial charge in [0.05, 0.1) is 12.7 Å². The Morgan fingerprint density at radius 3 is 2.38 bits per heavy atom. The predicted octanol–water partition coefficient (Wildman–Crippen LogP) is 3.94. The Morgan fingerprint density at radius 2 is 1.77 bits per heavy atom. The van der Waals surface area contributed by atoms with E-state index in [9.17, 15) is 9.90 Å². The maximum absolute atomic E-state index is 12.4. The zero-order valence-electron chi connectivity index (χ0n) is 15.1. The van der Waals surface area contributed by atoms with Crippen molar-refractivity contribution in [3.8, 4) is 5.75 Å². The van der Waals surface area contributed by atoms with Crippen LogP contribution < -0.4 is 9.64 Å². The van der Waals surface area contributed by atoms with Gasteiger partial charge in [-0.05, 0) is 67.8 Å². The van der Waals surface area contributed by atoms with Gasteiger partial charge in [-0.1, -0.05) is 18.2 Å². The van der Waals surface area contributed by atoms with E-state index in [2.05, 4.69) is 4.90 Å². The van der Waals surface area contributed by atoms with Crippen molar-refractivity contribution in [2.45, 2.75) is 25.9 Å². The van der Waals surface area contributed by atoms with Crippen LogP contribution in [0.25, 0.3) is 6.08 Å². The van der Waals surface area contributed by atoms with Crippen LogP contribution in [-0.4, -0.2) is 36.7 Å². The average Bonchev–Trinajstić information content (AvgIpc) is 2.68. The largest absolute Gasteiger partial charge is 0.494 e. The minimum Gasteiger partial charge on any atom is -0.494 e. The van der Waals surface area contributed by atoms with Crippen molar-refractivity contribution in [2.24, 2.45) is 0 Å². The van der Waals surface area contributed by atoms with Gasteiger partial charge in [-0.15, -0.1) is 0 Å². The number of carbonyl (C=O) groups excluding carboxylic acids is 1. The summed E-state index contributed by atoms with van der Waals surface area (Å²) < 4.78 is 5.41. The fourth-order valence-corrected chi connectivity index (χ4v) is 3.07. The van der Waals surface area contributed by atoms with Crippen LogP contribution in [-0.2, 0) is 0 Å². The van der Waals surface area contributed by atoms with Crippen molar-refractivity contribution in [1.29, 1.82) is 0 Å². The molecule has 0 aliphatic carbocycles. The molecule has 1 aliphatic rings. The molecule has 0 radical (unpaired) electrons. The molecule has 26 heavy (non-hydrogen) atoms. The zero-order valence-corrected chi connectivity index (χ0v) is 15.1. The molecule has 2 aromatic rings. The lowest BCUT2D eigenvalue weighted by molar-refractivity contribution is 0.104. The van der Waals surface area contributed by atoms with Crippen molar-refractivity contribution in [2.75, 3.05) is 24.6 Å². The fraction of sp³-hybridized carbons (Fsp3) is 0.318. The SMILES string of the molecule is CCOc1ccc(/C=C/C(=O)c2ccc(N3CCC(O)CC3)cc2)cc1. The van der Waals surface area contributed by atoms with E-state index < -0.39 is 0 Å². The second-order valence-electron chi connectivity index (χ2n) is 6.46. The lowest BCUT2D eigenvalue weighted by Crippen LogP contribution is -2.35. The van der Waals surface area contributed by atoms with E-state index in [4.69, 9.17) is 4.74 Å². The van der Waals surface area contributed by atoms with Crippen molar-refractivity contribution in [3.05, 3.63) is 65.7 Å². The summed E-state index contributed by atoms with van der Waals surface area (Å²) >= 11 is 0. The van der Waals surface area contributed by atoms with Crippen LogP contribution >= 0.6 is 0 Å². The van der Waals surface area contributed by atoms with E-state index in [-0.39, 0.29) is 11.9 Å². The topological polar surface area (TPSA) is 49.8 Å². The number of aliphatic hydroxyl groups excluding tert-OH is 1. The minimum absolute atomic E-state index is 0.0144. The normalized spacial score (nSPS) is 15.4. The Kier molecular flexibility index (Phi) is 6.08. The number of ether oxygens (including phenoxy) is 1. The van der Waals surface area contributed by atoms with Gasteiger partial charge in [0.1, 0.15) is 5.75 Å². The minimum atomic E-state index is -0.181. The summed E-state index contributed by atoms with van der Waals surface area (Å²) in [6.07, 6.45) is 4.83. The molecule has 0 bridgehead atoms. The second-order valence-corrected chi connectivity index (χ2v) is 6.46. The first-order valence-electron chi connectivity index (χ1n) is 9.14. The lowest BCUT2D eigenvalue weighted by Gasteiger charge is -2.31. The quantitative estimate of drug-likeness (QED) is 0.633. The number of hydrogen-bond donors (Lipinski definition) is 1. The zero-order chi connectivity index (χ0) is 18.4.